The number of thioether (sulfide) groups is 1. The van der Waals surface area contributed by atoms with Gasteiger partial charge in [0, 0.05) is 17.7 Å². The van der Waals surface area contributed by atoms with Gasteiger partial charge in [0.1, 0.15) is 5.82 Å². The summed E-state index contributed by atoms with van der Waals surface area (Å²) in [5.41, 5.74) is 0.465. The predicted octanol–water partition coefficient (Wildman–Crippen LogP) is 2.88. The molecule has 2 heterocycles. The smallest absolute Gasteiger partial charge is 0.258 e. The van der Waals surface area contributed by atoms with Crippen molar-refractivity contribution >= 4 is 39.9 Å². The largest absolute Gasteiger partial charge is 0.338 e. The molecule has 2 aromatic heterocycles. The van der Waals surface area contributed by atoms with Crippen molar-refractivity contribution in [1.29, 1.82) is 0 Å². The van der Waals surface area contributed by atoms with Gasteiger partial charge >= 0.3 is 0 Å². The molecule has 0 saturated heterocycles. The van der Waals surface area contributed by atoms with E-state index in [1.54, 1.807) is 53.2 Å². The number of aromatic amines is 1. The highest BCUT2D eigenvalue weighted by molar-refractivity contribution is 7.99. The minimum absolute atomic E-state index is 0.0207. The minimum Gasteiger partial charge on any atom is -0.338 e. The molecule has 0 aliphatic rings. The monoisotopic (exact) mass is 359 g/mol. The van der Waals surface area contributed by atoms with Crippen molar-refractivity contribution in [2.24, 2.45) is 0 Å². The van der Waals surface area contributed by atoms with E-state index in [0.717, 1.165) is 5.75 Å². The lowest BCUT2D eigenvalue weighted by Crippen LogP contribution is -2.29. The van der Waals surface area contributed by atoms with Gasteiger partial charge in [0.15, 0.2) is 0 Å². The minimum atomic E-state index is -0.177. The molecule has 0 aliphatic heterocycles. The van der Waals surface area contributed by atoms with Gasteiger partial charge in [-0.05, 0) is 23.6 Å². The van der Waals surface area contributed by atoms with E-state index in [9.17, 15) is 9.59 Å². The first kappa shape index (κ1) is 16.7. The van der Waals surface area contributed by atoms with Gasteiger partial charge in [0.2, 0.25) is 5.91 Å². The Kier molecular flexibility index (Phi) is 5.32. The van der Waals surface area contributed by atoms with E-state index in [1.165, 1.54) is 4.88 Å². The number of thiophene rings is 1. The van der Waals surface area contributed by atoms with Gasteiger partial charge < -0.3 is 9.88 Å². The number of benzene rings is 1. The number of carbonyl (C=O) groups excluding carboxylic acids is 1. The number of nitrogens with one attached hydrogen (secondary N) is 1. The summed E-state index contributed by atoms with van der Waals surface area (Å²) in [5.74, 6) is 1.76. The van der Waals surface area contributed by atoms with Gasteiger partial charge in [-0.15, -0.1) is 23.1 Å². The standard InChI is InChI=1S/C17H17N3O2S2/c1-20(16(21)11-23-10-12-5-4-8-24-12)9-15-18-14-7-3-2-6-13(14)17(22)19-15/h2-8H,9-11H2,1H3,(H,18,19,22). The van der Waals surface area contributed by atoms with Crippen molar-refractivity contribution in [1.82, 2.24) is 14.9 Å². The number of aromatic nitrogens is 2. The van der Waals surface area contributed by atoms with Gasteiger partial charge in [-0.3, -0.25) is 9.59 Å². The molecule has 1 N–H and O–H groups in total. The molecular weight excluding hydrogens is 342 g/mol. The second-order valence-electron chi connectivity index (χ2n) is 5.35. The first-order valence-corrected chi connectivity index (χ1v) is 9.49. The summed E-state index contributed by atoms with van der Waals surface area (Å²) in [6.45, 7) is 0.290. The number of nitrogens with zero attached hydrogens (tertiary/aromatic N) is 2. The highest BCUT2D eigenvalue weighted by Crippen LogP contribution is 2.17. The maximum Gasteiger partial charge on any atom is 0.258 e. The molecule has 24 heavy (non-hydrogen) atoms. The zero-order chi connectivity index (χ0) is 16.9. The van der Waals surface area contributed by atoms with Crippen LogP contribution in [0.25, 0.3) is 10.9 Å². The van der Waals surface area contributed by atoms with E-state index in [-0.39, 0.29) is 11.5 Å². The number of rotatable bonds is 6. The van der Waals surface area contributed by atoms with Crippen molar-refractivity contribution in [2.75, 3.05) is 12.8 Å². The van der Waals surface area contributed by atoms with Gasteiger partial charge in [-0.25, -0.2) is 4.98 Å². The van der Waals surface area contributed by atoms with Crippen LogP contribution in [-0.4, -0.2) is 33.6 Å². The fourth-order valence-electron chi connectivity index (χ4n) is 2.27. The maximum absolute atomic E-state index is 12.2. The van der Waals surface area contributed by atoms with Gasteiger partial charge in [-0.2, -0.15) is 0 Å². The van der Waals surface area contributed by atoms with E-state index < -0.39 is 0 Å². The third kappa shape index (κ3) is 4.04. The highest BCUT2D eigenvalue weighted by atomic mass is 32.2. The summed E-state index contributed by atoms with van der Waals surface area (Å²) in [5, 5.41) is 2.59. The van der Waals surface area contributed by atoms with Crippen molar-refractivity contribution in [3.63, 3.8) is 0 Å². The molecule has 0 unspecified atom stereocenters. The van der Waals surface area contributed by atoms with E-state index in [4.69, 9.17) is 0 Å². The number of carbonyl (C=O) groups is 1. The van der Waals surface area contributed by atoms with Crippen LogP contribution in [0.2, 0.25) is 0 Å². The molecule has 1 aromatic carbocycles. The summed E-state index contributed by atoms with van der Waals surface area (Å²) in [6, 6.07) is 11.3. The van der Waals surface area contributed by atoms with Crippen molar-refractivity contribution in [2.45, 2.75) is 12.3 Å². The Morgan fingerprint density at radius 1 is 1.29 bits per heavy atom. The number of amides is 1. The zero-order valence-electron chi connectivity index (χ0n) is 13.2. The predicted molar refractivity (Wildman–Crippen MR) is 99.3 cm³/mol. The lowest BCUT2D eigenvalue weighted by molar-refractivity contribution is -0.127. The van der Waals surface area contributed by atoms with E-state index in [2.05, 4.69) is 16.0 Å². The van der Waals surface area contributed by atoms with Crippen LogP contribution in [0, 0.1) is 0 Å². The Hall–Kier alpha value is -2.12. The van der Waals surface area contributed by atoms with Crippen molar-refractivity contribution in [3.8, 4) is 0 Å². The Balaban J connectivity index is 1.60. The van der Waals surface area contributed by atoms with Crippen LogP contribution in [-0.2, 0) is 17.1 Å². The molecule has 0 bridgehead atoms. The molecule has 3 rings (SSSR count). The van der Waals surface area contributed by atoms with Crippen LogP contribution in [0.15, 0.2) is 46.6 Å². The summed E-state index contributed by atoms with van der Waals surface area (Å²) in [4.78, 5) is 34.3. The summed E-state index contributed by atoms with van der Waals surface area (Å²) < 4.78 is 0. The Bertz CT molecular complexity index is 890. The molecule has 3 aromatic rings. The number of hydrogen-bond acceptors (Lipinski definition) is 5. The highest BCUT2D eigenvalue weighted by Gasteiger charge is 2.12. The van der Waals surface area contributed by atoms with Crippen LogP contribution >= 0.6 is 23.1 Å². The molecule has 0 saturated carbocycles. The van der Waals surface area contributed by atoms with Gasteiger partial charge in [0.25, 0.3) is 5.56 Å². The van der Waals surface area contributed by atoms with Crippen LogP contribution in [0.3, 0.4) is 0 Å². The average molecular weight is 359 g/mol. The fraction of sp³-hybridized carbons (Fsp3) is 0.235. The van der Waals surface area contributed by atoms with Crippen molar-refractivity contribution in [3.05, 3.63) is 62.8 Å². The normalized spacial score (nSPS) is 10.9. The molecule has 124 valence electrons. The summed E-state index contributed by atoms with van der Waals surface area (Å²) in [6.07, 6.45) is 0. The zero-order valence-corrected chi connectivity index (χ0v) is 14.8. The topological polar surface area (TPSA) is 66.1 Å². The Morgan fingerprint density at radius 2 is 2.12 bits per heavy atom. The number of fused-ring (bicyclic) bond motifs is 1. The Labute approximate surface area is 147 Å². The molecule has 5 nitrogen and oxygen atoms in total. The van der Waals surface area contributed by atoms with Crippen molar-refractivity contribution < 1.29 is 4.79 Å². The third-order valence-corrected chi connectivity index (χ3v) is 5.55. The average Bonchev–Trinajstić information content (AvgIpc) is 3.08. The summed E-state index contributed by atoms with van der Waals surface area (Å²) in [7, 11) is 1.73. The molecule has 0 atom stereocenters. The van der Waals surface area contributed by atoms with Crippen LogP contribution in [0.4, 0.5) is 0 Å². The first-order chi connectivity index (χ1) is 11.6. The Morgan fingerprint density at radius 3 is 2.92 bits per heavy atom. The molecule has 0 aliphatic carbocycles. The number of H-pyrrole nitrogens is 1. The molecule has 0 radical (unpaired) electrons. The molecule has 1 amide bonds. The molecular formula is C17H17N3O2S2. The van der Waals surface area contributed by atoms with E-state index in [1.807, 2.05) is 17.5 Å². The van der Waals surface area contributed by atoms with E-state index in [0.29, 0.717) is 29.0 Å². The molecule has 0 fully saturated rings. The van der Waals surface area contributed by atoms with Gasteiger partial charge in [-0.1, -0.05) is 18.2 Å². The van der Waals surface area contributed by atoms with E-state index >= 15 is 0 Å². The second-order valence-corrected chi connectivity index (χ2v) is 7.37. The lowest BCUT2D eigenvalue weighted by atomic mass is 10.2. The van der Waals surface area contributed by atoms with Gasteiger partial charge in [0.05, 0.1) is 23.2 Å². The summed E-state index contributed by atoms with van der Waals surface area (Å²) >= 11 is 3.28. The fourth-order valence-corrected chi connectivity index (χ4v) is 4.07. The number of hydrogen-bond donors (Lipinski definition) is 1. The molecule has 0 spiro atoms. The first-order valence-electron chi connectivity index (χ1n) is 7.45. The third-order valence-electron chi connectivity index (χ3n) is 3.52. The molecule has 7 heteroatoms. The van der Waals surface area contributed by atoms with Crippen LogP contribution in [0.1, 0.15) is 10.7 Å². The van der Waals surface area contributed by atoms with Crippen LogP contribution in [0.5, 0.6) is 0 Å². The lowest BCUT2D eigenvalue weighted by Gasteiger charge is -2.16. The quantitative estimate of drug-likeness (QED) is 0.735. The maximum atomic E-state index is 12.2. The second kappa shape index (κ2) is 7.63. The SMILES string of the molecule is CN(Cc1nc2ccccc2c(=O)[nH]1)C(=O)CSCc1cccs1. The number of para-hydroxylation sites is 1. The van der Waals surface area contributed by atoms with Crippen LogP contribution < -0.4 is 5.56 Å².